The SMILES string of the molecule is COCCS(=O)(=O)N1CCN(C(=O)c2ccccc2Br)CC1. The van der Waals surface area contributed by atoms with E-state index in [1.165, 1.54) is 11.4 Å². The second kappa shape index (κ2) is 7.54. The first-order valence-corrected chi connectivity index (χ1v) is 9.36. The van der Waals surface area contributed by atoms with Crippen molar-refractivity contribution in [3.63, 3.8) is 0 Å². The van der Waals surface area contributed by atoms with Crippen LogP contribution < -0.4 is 0 Å². The van der Waals surface area contributed by atoms with E-state index >= 15 is 0 Å². The quantitative estimate of drug-likeness (QED) is 0.756. The third-order valence-electron chi connectivity index (χ3n) is 3.57. The zero-order valence-electron chi connectivity index (χ0n) is 12.4. The topological polar surface area (TPSA) is 66.9 Å². The average Bonchev–Trinajstić information content (AvgIpc) is 2.53. The molecule has 1 aliphatic rings. The average molecular weight is 391 g/mol. The Balaban J connectivity index is 1.98. The fraction of sp³-hybridized carbons (Fsp3) is 0.500. The van der Waals surface area contributed by atoms with Crippen molar-refractivity contribution in [2.75, 3.05) is 45.6 Å². The van der Waals surface area contributed by atoms with Crippen molar-refractivity contribution in [3.8, 4) is 0 Å². The number of carbonyl (C=O) groups excluding carboxylic acids is 1. The first-order valence-electron chi connectivity index (χ1n) is 6.96. The largest absolute Gasteiger partial charge is 0.384 e. The number of benzene rings is 1. The summed E-state index contributed by atoms with van der Waals surface area (Å²) >= 11 is 3.37. The number of carbonyl (C=O) groups is 1. The van der Waals surface area contributed by atoms with E-state index in [1.54, 1.807) is 11.0 Å². The molecule has 1 fully saturated rings. The zero-order valence-corrected chi connectivity index (χ0v) is 14.8. The standard InChI is InChI=1S/C14H19BrN2O4S/c1-21-10-11-22(19,20)17-8-6-16(7-9-17)14(18)12-4-2-3-5-13(12)15/h2-5H,6-11H2,1H3. The van der Waals surface area contributed by atoms with Crippen molar-refractivity contribution >= 4 is 31.9 Å². The summed E-state index contributed by atoms with van der Waals surface area (Å²) < 4.78 is 31.2. The lowest BCUT2D eigenvalue weighted by Gasteiger charge is -2.34. The molecule has 1 saturated heterocycles. The van der Waals surface area contributed by atoms with Gasteiger partial charge in [-0.25, -0.2) is 8.42 Å². The van der Waals surface area contributed by atoms with Crippen LogP contribution in [0.4, 0.5) is 0 Å². The van der Waals surface area contributed by atoms with E-state index in [2.05, 4.69) is 15.9 Å². The number of nitrogens with zero attached hydrogens (tertiary/aromatic N) is 2. The minimum Gasteiger partial charge on any atom is -0.384 e. The van der Waals surface area contributed by atoms with Gasteiger partial charge < -0.3 is 9.64 Å². The molecule has 1 aromatic rings. The Bertz CT molecular complexity index is 627. The summed E-state index contributed by atoms with van der Waals surface area (Å²) in [7, 11) is -1.83. The molecule has 1 aliphatic heterocycles. The van der Waals surface area contributed by atoms with E-state index in [4.69, 9.17) is 4.74 Å². The molecule has 1 heterocycles. The zero-order chi connectivity index (χ0) is 16.2. The molecule has 0 atom stereocenters. The van der Waals surface area contributed by atoms with Crippen LogP contribution in [0, 0.1) is 0 Å². The van der Waals surface area contributed by atoms with Crippen molar-refractivity contribution < 1.29 is 17.9 Å². The first-order chi connectivity index (χ1) is 10.5. The van der Waals surface area contributed by atoms with Gasteiger partial charge in [-0.3, -0.25) is 4.79 Å². The van der Waals surface area contributed by atoms with Crippen LogP contribution in [0.3, 0.4) is 0 Å². The van der Waals surface area contributed by atoms with Crippen molar-refractivity contribution in [3.05, 3.63) is 34.3 Å². The molecule has 0 N–H and O–H groups in total. The minimum absolute atomic E-state index is 0.0261. The summed E-state index contributed by atoms with van der Waals surface area (Å²) in [5.41, 5.74) is 0.596. The van der Waals surface area contributed by atoms with Crippen LogP contribution in [-0.2, 0) is 14.8 Å². The van der Waals surface area contributed by atoms with Crippen LogP contribution in [0.2, 0.25) is 0 Å². The van der Waals surface area contributed by atoms with E-state index in [-0.39, 0.29) is 18.3 Å². The molecule has 0 aromatic heterocycles. The van der Waals surface area contributed by atoms with Crippen LogP contribution in [0.25, 0.3) is 0 Å². The first kappa shape index (κ1) is 17.4. The predicted octanol–water partition coefficient (Wildman–Crippen LogP) is 1.18. The van der Waals surface area contributed by atoms with Crippen LogP contribution in [0.15, 0.2) is 28.7 Å². The van der Waals surface area contributed by atoms with E-state index in [0.29, 0.717) is 31.7 Å². The molecule has 0 bridgehead atoms. The number of methoxy groups -OCH3 is 1. The molecular weight excluding hydrogens is 372 g/mol. The third kappa shape index (κ3) is 4.07. The molecule has 6 nitrogen and oxygen atoms in total. The molecule has 2 rings (SSSR count). The molecule has 8 heteroatoms. The maximum atomic E-state index is 12.5. The lowest BCUT2D eigenvalue weighted by Crippen LogP contribution is -2.51. The number of hydrogen-bond acceptors (Lipinski definition) is 4. The van der Waals surface area contributed by atoms with Gasteiger partial charge in [-0.05, 0) is 28.1 Å². The molecule has 1 aromatic carbocycles. The summed E-state index contributed by atoms with van der Waals surface area (Å²) in [4.78, 5) is 14.1. The number of sulfonamides is 1. The summed E-state index contributed by atoms with van der Waals surface area (Å²) in [6.07, 6.45) is 0. The number of ether oxygens (including phenoxy) is 1. The number of halogens is 1. The molecule has 0 radical (unpaired) electrons. The Labute approximate surface area is 139 Å². The van der Waals surface area contributed by atoms with Crippen LogP contribution in [-0.4, -0.2) is 69.2 Å². The van der Waals surface area contributed by atoms with Gasteiger partial charge in [-0.1, -0.05) is 12.1 Å². The van der Waals surface area contributed by atoms with Gasteiger partial charge in [-0.15, -0.1) is 0 Å². The number of amides is 1. The highest BCUT2D eigenvalue weighted by Crippen LogP contribution is 2.19. The second-order valence-electron chi connectivity index (χ2n) is 4.98. The molecule has 122 valence electrons. The molecule has 22 heavy (non-hydrogen) atoms. The summed E-state index contributed by atoms with van der Waals surface area (Å²) in [6.45, 7) is 1.61. The van der Waals surface area contributed by atoms with Gasteiger partial charge in [0.2, 0.25) is 10.0 Å². The van der Waals surface area contributed by atoms with E-state index in [0.717, 1.165) is 4.47 Å². The fourth-order valence-electron chi connectivity index (χ4n) is 2.29. The summed E-state index contributed by atoms with van der Waals surface area (Å²) in [5, 5.41) is 0. The molecule has 0 spiro atoms. The van der Waals surface area contributed by atoms with Crippen molar-refractivity contribution in [1.29, 1.82) is 0 Å². The monoisotopic (exact) mass is 390 g/mol. The lowest BCUT2D eigenvalue weighted by atomic mass is 10.2. The number of piperazine rings is 1. The van der Waals surface area contributed by atoms with E-state index < -0.39 is 10.0 Å². The van der Waals surface area contributed by atoms with Gasteiger partial charge >= 0.3 is 0 Å². The van der Waals surface area contributed by atoms with Crippen LogP contribution in [0.1, 0.15) is 10.4 Å². The van der Waals surface area contributed by atoms with Gasteiger partial charge in [0.05, 0.1) is 17.9 Å². The highest BCUT2D eigenvalue weighted by molar-refractivity contribution is 9.10. The van der Waals surface area contributed by atoms with E-state index in [9.17, 15) is 13.2 Å². The minimum atomic E-state index is -3.31. The molecule has 1 amide bonds. The molecule has 0 unspecified atom stereocenters. The number of hydrogen-bond donors (Lipinski definition) is 0. The Hall–Kier alpha value is -0.960. The third-order valence-corrected chi connectivity index (χ3v) is 6.09. The Morgan fingerprint density at radius 1 is 1.23 bits per heavy atom. The van der Waals surface area contributed by atoms with Crippen LogP contribution >= 0.6 is 15.9 Å². The highest BCUT2D eigenvalue weighted by Gasteiger charge is 2.29. The van der Waals surface area contributed by atoms with Gasteiger partial charge in [0, 0.05) is 37.8 Å². The van der Waals surface area contributed by atoms with Crippen LogP contribution in [0.5, 0.6) is 0 Å². The Morgan fingerprint density at radius 2 is 1.86 bits per heavy atom. The van der Waals surface area contributed by atoms with Gasteiger partial charge in [0.1, 0.15) is 0 Å². The smallest absolute Gasteiger partial charge is 0.255 e. The van der Waals surface area contributed by atoms with Crippen molar-refractivity contribution in [2.45, 2.75) is 0 Å². The fourth-order valence-corrected chi connectivity index (χ4v) is 4.10. The lowest BCUT2D eigenvalue weighted by molar-refractivity contribution is 0.0696. The van der Waals surface area contributed by atoms with Gasteiger partial charge in [0.15, 0.2) is 0 Å². The Morgan fingerprint density at radius 3 is 2.45 bits per heavy atom. The Kier molecular flexibility index (Phi) is 5.96. The molecular formula is C14H19BrN2O4S. The predicted molar refractivity (Wildman–Crippen MR) is 87.3 cm³/mol. The maximum Gasteiger partial charge on any atom is 0.255 e. The highest BCUT2D eigenvalue weighted by atomic mass is 79.9. The van der Waals surface area contributed by atoms with E-state index in [1.807, 2.05) is 18.2 Å². The second-order valence-corrected chi connectivity index (χ2v) is 7.92. The molecule has 0 saturated carbocycles. The molecule has 0 aliphatic carbocycles. The van der Waals surface area contributed by atoms with Crippen molar-refractivity contribution in [1.82, 2.24) is 9.21 Å². The van der Waals surface area contributed by atoms with Crippen molar-refractivity contribution in [2.24, 2.45) is 0 Å². The summed E-state index contributed by atoms with van der Waals surface area (Å²) in [5.74, 6) is -0.108. The number of rotatable bonds is 5. The summed E-state index contributed by atoms with van der Waals surface area (Å²) in [6, 6.07) is 7.23. The maximum absolute atomic E-state index is 12.5. The van der Waals surface area contributed by atoms with Gasteiger partial charge in [0.25, 0.3) is 5.91 Å². The van der Waals surface area contributed by atoms with Gasteiger partial charge in [-0.2, -0.15) is 4.31 Å². The normalized spacial score (nSPS) is 16.7.